The van der Waals surface area contributed by atoms with Gasteiger partial charge in [0.15, 0.2) is 9.84 Å². The Balaban J connectivity index is 2.43. The van der Waals surface area contributed by atoms with Crippen molar-refractivity contribution < 1.29 is 13.2 Å². The summed E-state index contributed by atoms with van der Waals surface area (Å²) in [5.41, 5.74) is 7.98. The van der Waals surface area contributed by atoms with Crippen LogP contribution < -0.4 is 15.4 Å². The van der Waals surface area contributed by atoms with Gasteiger partial charge in [0.25, 0.3) is 0 Å². The van der Waals surface area contributed by atoms with E-state index in [1.54, 1.807) is 7.11 Å². The van der Waals surface area contributed by atoms with Crippen molar-refractivity contribution in [3.8, 4) is 5.75 Å². The first-order valence-electron chi connectivity index (χ1n) is 6.75. The lowest BCUT2D eigenvalue weighted by Gasteiger charge is -2.37. The molecule has 0 aliphatic carbocycles. The first-order chi connectivity index (χ1) is 9.35. The van der Waals surface area contributed by atoms with Crippen LogP contribution in [0.1, 0.15) is 25.5 Å². The first kappa shape index (κ1) is 15.1. The number of anilines is 1. The van der Waals surface area contributed by atoms with E-state index in [-0.39, 0.29) is 23.6 Å². The summed E-state index contributed by atoms with van der Waals surface area (Å²) >= 11 is 0. The number of nitrogens with two attached hydrogens (primary N) is 1. The quantitative estimate of drug-likeness (QED) is 0.911. The Hall–Kier alpha value is -1.27. The predicted octanol–water partition coefficient (Wildman–Crippen LogP) is 1.34. The fourth-order valence-electron chi connectivity index (χ4n) is 2.78. The van der Waals surface area contributed by atoms with Gasteiger partial charge in [-0.05, 0) is 26.0 Å². The molecule has 0 saturated carbocycles. The van der Waals surface area contributed by atoms with Gasteiger partial charge in [-0.15, -0.1) is 0 Å². The van der Waals surface area contributed by atoms with Crippen LogP contribution in [0.25, 0.3) is 0 Å². The van der Waals surface area contributed by atoms with Crippen LogP contribution in [0, 0.1) is 0 Å². The zero-order valence-electron chi connectivity index (χ0n) is 12.2. The molecule has 2 N–H and O–H groups in total. The second-order valence-corrected chi connectivity index (χ2v) is 7.57. The lowest BCUT2D eigenvalue weighted by Crippen LogP contribution is -2.47. The molecule has 1 heterocycles. The Kier molecular flexibility index (Phi) is 4.25. The van der Waals surface area contributed by atoms with E-state index in [1.807, 2.05) is 32.0 Å². The average molecular weight is 298 g/mol. The first-order valence-corrected chi connectivity index (χ1v) is 8.57. The van der Waals surface area contributed by atoms with E-state index in [1.165, 1.54) is 0 Å². The summed E-state index contributed by atoms with van der Waals surface area (Å²) in [6.45, 7) is 4.34. The van der Waals surface area contributed by atoms with Gasteiger partial charge in [-0.25, -0.2) is 8.42 Å². The van der Waals surface area contributed by atoms with Crippen molar-refractivity contribution in [2.45, 2.75) is 25.9 Å². The van der Waals surface area contributed by atoms with E-state index < -0.39 is 9.84 Å². The van der Waals surface area contributed by atoms with Gasteiger partial charge in [-0.3, -0.25) is 0 Å². The summed E-state index contributed by atoms with van der Waals surface area (Å²) in [5.74, 6) is 1.12. The highest BCUT2D eigenvalue weighted by atomic mass is 32.2. The second kappa shape index (κ2) is 5.61. The maximum Gasteiger partial charge on any atom is 0.154 e. The second-order valence-electron chi connectivity index (χ2n) is 5.34. The van der Waals surface area contributed by atoms with E-state index in [2.05, 4.69) is 4.90 Å². The third kappa shape index (κ3) is 2.91. The zero-order valence-corrected chi connectivity index (χ0v) is 13.0. The van der Waals surface area contributed by atoms with Crippen LogP contribution in [-0.4, -0.2) is 39.6 Å². The minimum atomic E-state index is -2.93. The molecule has 1 aromatic carbocycles. The summed E-state index contributed by atoms with van der Waals surface area (Å²) in [4.78, 5) is 2.11. The van der Waals surface area contributed by atoms with Gasteiger partial charge in [-0.2, -0.15) is 0 Å². The summed E-state index contributed by atoms with van der Waals surface area (Å²) in [7, 11) is -1.31. The lowest BCUT2D eigenvalue weighted by molar-refractivity contribution is 0.406. The van der Waals surface area contributed by atoms with Gasteiger partial charge >= 0.3 is 0 Å². The summed E-state index contributed by atoms with van der Waals surface area (Å²) < 4.78 is 28.8. The molecule has 1 aliphatic heterocycles. The van der Waals surface area contributed by atoms with E-state index in [4.69, 9.17) is 10.5 Å². The van der Waals surface area contributed by atoms with Crippen molar-refractivity contribution >= 4 is 15.5 Å². The number of nitrogens with zero attached hydrogens (tertiary/aromatic N) is 1. The van der Waals surface area contributed by atoms with Crippen molar-refractivity contribution in [2.75, 3.05) is 30.1 Å². The molecule has 1 fully saturated rings. The van der Waals surface area contributed by atoms with Crippen molar-refractivity contribution in [3.05, 3.63) is 23.8 Å². The molecule has 0 aromatic heterocycles. The molecule has 1 unspecified atom stereocenters. The van der Waals surface area contributed by atoms with Crippen LogP contribution >= 0.6 is 0 Å². The molecule has 6 heteroatoms. The molecule has 0 spiro atoms. The third-order valence-corrected chi connectivity index (χ3v) is 5.49. The SMILES string of the molecule is COc1cccc(N2CCS(=O)(=O)CC2C)c1[C@H](C)N. The highest BCUT2D eigenvalue weighted by molar-refractivity contribution is 7.91. The molecule has 2 rings (SSSR count). The minimum absolute atomic E-state index is 0.0571. The van der Waals surface area contributed by atoms with Crippen molar-refractivity contribution in [1.82, 2.24) is 0 Å². The molecule has 1 aromatic rings. The average Bonchev–Trinajstić information content (AvgIpc) is 2.36. The fraction of sp³-hybridized carbons (Fsp3) is 0.571. The van der Waals surface area contributed by atoms with E-state index in [9.17, 15) is 8.42 Å². The summed E-state index contributed by atoms with van der Waals surface area (Å²) in [6, 6.07) is 5.55. The van der Waals surface area contributed by atoms with Crippen molar-refractivity contribution in [3.63, 3.8) is 0 Å². The van der Waals surface area contributed by atoms with Crippen molar-refractivity contribution in [1.29, 1.82) is 0 Å². The van der Waals surface area contributed by atoms with Crippen LogP contribution in [0.3, 0.4) is 0 Å². The van der Waals surface area contributed by atoms with Crippen LogP contribution in [0.15, 0.2) is 18.2 Å². The molecule has 2 atom stereocenters. The number of benzene rings is 1. The Morgan fingerprint density at radius 1 is 1.45 bits per heavy atom. The molecular formula is C14H22N2O3S. The van der Waals surface area contributed by atoms with Crippen LogP contribution in [0.5, 0.6) is 5.75 Å². The topological polar surface area (TPSA) is 72.6 Å². The number of ether oxygens (including phenoxy) is 1. The number of rotatable bonds is 3. The highest BCUT2D eigenvalue weighted by Gasteiger charge is 2.30. The maximum absolute atomic E-state index is 11.7. The van der Waals surface area contributed by atoms with Gasteiger partial charge in [-0.1, -0.05) is 6.07 Å². The Morgan fingerprint density at radius 2 is 2.15 bits per heavy atom. The zero-order chi connectivity index (χ0) is 14.9. The fourth-order valence-corrected chi connectivity index (χ4v) is 4.33. The number of hydrogen-bond acceptors (Lipinski definition) is 5. The maximum atomic E-state index is 11.7. The number of sulfone groups is 1. The van der Waals surface area contributed by atoms with Crippen LogP contribution in [-0.2, 0) is 9.84 Å². The van der Waals surface area contributed by atoms with E-state index in [0.29, 0.717) is 6.54 Å². The molecule has 112 valence electrons. The van der Waals surface area contributed by atoms with Gasteiger partial charge in [0, 0.05) is 29.9 Å². The lowest BCUT2D eigenvalue weighted by atomic mass is 10.0. The minimum Gasteiger partial charge on any atom is -0.496 e. The molecule has 5 nitrogen and oxygen atoms in total. The predicted molar refractivity (Wildman–Crippen MR) is 81.1 cm³/mol. The molecule has 0 bridgehead atoms. The normalized spacial score (nSPS) is 23.4. The molecule has 0 radical (unpaired) electrons. The van der Waals surface area contributed by atoms with Crippen LogP contribution in [0.2, 0.25) is 0 Å². The van der Waals surface area contributed by atoms with Gasteiger partial charge in [0.2, 0.25) is 0 Å². The monoisotopic (exact) mass is 298 g/mol. The van der Waals surface area contributed by atoms with Gasteiger partial charge in [0.05, 0.1) is 18.6 Å². The van der Waals surface area contributed by atoms with Crippen molar-refractivity contribution in [2.24, 2.45) is 5.73 Å². The molecule has 20 heavy (non-hydrogen) atoms. The summed E-state index contributed by atoms with van der Waals surface area (Å²) in [5, 5.41) is 0. The Labute approximate surface area is 120 Å². The van der Waals surface area contributed by atoms with E-state index in [0.717, 1.165) is 17.0 Å². The Morgan fingerprint density at radius 3 is 2.70 bits per heavy atom. The molecular weight excluding hydrogens is 276 g/mol. The third-order valence-electron chi connectivity index (χ3n) is 3.70. The molecule has 1 aliphatic rings. The standard InChI is InChI=1S/C14H22N2O3S/c1-10-9-20(17,18)8-7-16(10)12-5-4-6-13(19-3)14(12)11(2)15/h4-6,10-11H,7-9,15H2,1-3H3/t10?,11-/m0/s1. The van der Waals surface area contributed by atoms with E-state index >= 15 is 0 Å². The molecule has 0 amide bonds. The van der Waals surface area contributed by atoms with Crippen LogP contribution in [0.4, 0.5) is 5.69 Å². The molecule has 1 saturated heterocycles. The summed E-state index contributed by atoms with van der Waals surface area (Å²) in [6.07, 6.45) is 0. The van der Waals surface area contributed by atoms with Gasteiger partial charge < -0.3 is 15.4 Å². The number of hydrogen-bond donors (Lipinski definition) is 1. The number of methoxy groups -OCH3 is 1. The largest absolute Gasteiger partial charge is 0.496 e. The smallest absolute Gasteiger partial charge is 0.154 e. The Bertz CT molecular complexity index is 584. The highest BCUT2D eigenvalue weighted by Crippen LogP contribution is 2.35. The van der Waals surface area contributed by atoms with Gasteiger partial charge in [0.1, 0.15) is 5.75 Å².